The van der Waals surface area contributed by atoms with E-state index in [1.807, 2.05) is 0 Å². The van der Waals surface area contributed by atoms with E-state index >= 15 is 0 Å². The van der Waals surface area contributed by atoms with Crippen LogP contribution in [-0.4, -0.2) is 38.1 Å². The molecule has 0 aliphatic heterocycles. The van der Waals surface area contributed by atoms with Crippen molar-refractivity contribution >= 4 is 11.8 Å². The molecule has 20 heavy (non-hydrogen) atoms. The molecule has 0 aromatic carbocycles. The highest BCUT2D eigenvalue weighted by atomic mass is 16.5. The van der Waals surface area contributed by atoms with E-state index in [1.54, 1.807) is 7.11 Å². The van der Waals surface area contributed by atoms with Crippen LogP contribution in [0.2, 0.25) is 0 Å². The van der Waals surface area contributed by atoms with Crippen LogP contribution in [0.4, 0.5) is 0 Å². The summed E-state index contributed by atoms with van der Waals surface area (Å²) in [6, 6.07) is 0.322. The Balaban J connectivity index is 1.68. The van der Waals surface area contributed by atoms with Crippen molar-refractivity contribution in [2.75, 3.05) is 20.3 Å². The second kappa shape index (κ2) is 7.62. The summed E-state index contributed by atoms with van der Waals surface area (Å²) in [6.45, 7) is 1.03. The highest BCUT2D eigenvalue weighted by Crippen LogP contribution is 2.39. The van der Waals surface area contributed by atoms with Crippen molar-refractivity contribution < 1.29 is 14.3 Å². The smallest absolute Gasteiger partial charge is 0.224 e. The number of hydrogen-bond acceptors (Lipinski definition) is 3. The Bertz CT molecular complexity index is 338. The highest BCUT2D eigenvalue weighted by molar-refractivity contribution is 5.92. The minimum Gasteiger partial charge on any atom is -0.383 e. The van der Waals surface area contributed by atoms with Crippen molar-refractivity contribution in [3.8, 4) is 0 Å². The third-order valence-corrected chi connectivity index (χ3v) is 4.27. The average Bonchev–Trinajstić information content (AvgIpc) is 3.23. The van der Waals surface area contributed by atoms with Gasteiger partial charge < -0.3 is 15.4 Å². The van der Waals surface area contributed by atoms with Crippen molar-refractivity contribution in [3.05, 3.63) is 0 Å². The molecule has 2 fully saturated rings. The van der Waals surface area contributed by atoms with Gasteiger partial charge in [0.25, 0.3) is 0 Å². The number of carbonyl (C=O) groups excluding carboxylic acids is 2. The third kappa shape index (κ3) is 4.47. The third-order valence-electron chi connectivity index (χ3n) is 4.27. The molecule has 0 bridgehead atoms. The van der Waals surface area contributed by atoms with Crippen LogP contribution in [0, 0.1) is 11.8 Å². The number of rotatable bonds is 6. The molecule has 0 heterocycles. The zero-order valence-corrected chi connectivity index (χ0v) is 12.3. The normalized spacial score (nSPS) is 26.6. The summed E-state index contributed by atoms with van der Waals surface area (Å²) in [7, 11) is 1.60. The van der Waals surface area contributed by atoms with E-state index in [9.17, 15) is 9.59 Å². The molecule has 0 radical (unpaired) electrons. The lowest BCUT2D eigenvalue weighted by atomic mass is 10.1. The predicted octanol–water partition coefficient (Wildman–Crippen LogP) is 1.22. The van der Waals surface area contributed by atoms with E-state index in [0.717, 1.165) is 12.8 Å². The first-order chi connectivity index (χ1) is 9.72. The first-order valence-electron chi connectivity index (χ1n) is 7.79. The summed E-state index contributed by atoms with van der Waals surface area (Å²) in [5.41, 5.74) is 0. The number of methoxy groups -OCH3 is 1. The molecule has 5 heteroatoms. The fourth-order valence-corrected chi connectivity index (χ4v) is 2.91. The van der Waals surface area contributed by atoms with E-state index in [4.69, 9.17) is 4.74 Å². The van der Waals surface area contributed by atoms with Crippen LogP contribution in [0.25, 0.3) is 0 Å². The van der Waals surface area contributed by atoms with Crippen LogP contribution in [0.1, 0.15) is 44.9 Å². The van der Waals surface area contributed by atoms with Crippen molar-refractivity contribution in [3.63, 3.8) is 0 Å². The quantitative estimate of drug-likeness (QED) is 0.568. The van der Waals surface area contributed by atoms with Crippen molar-refractivity contribution in [2.45, 2.75) is 51.0 Å². The maximum absolute atomic E-state index is 12.1. The Morgan fingerprint density at radius 3 is 2.35 bits per heavy atom. The number of carbonyl (C=O) groups is 2. The van der Waals surface area contributed by atoms with E-state index in [-0.39, 0.29) is 23.7 Å². The maximum Gasteiger partial charge on any atom is 0.224 e. The topological polar surface area (TPSA) is 67.4 Å². The standard InChI is InChI=1S/C15H26N2O3/c1-20-9-8-16-14(18)12-10-13(12)15(19)17-11-6-4-2-3-5-7-11/h11-13H,2-10H2,1H3,(H,16,18)(H,17,19). The van der Waals surface area contributed by atoms with E-state index in [2.05, 4.69) is 10.6 Å². The lowest BCUT2D eigenvalue weighted by Crippen LogP contribution is -2.37. The monoisotopic (exact) mass is 282 g/mol. The fourth-order valence-electron chi connectivity index (χ4n) is 2.91. The summed E-state index contributed by atoms with van der Waals surface area (Å²) >= 11 is 0. The van der Waals surface area contributed by atoms with Gasteiger partial charge in [0.2, 0.25) is 11.8 Å². The number of hydrogen-bond donors (Lipinski definition) is 2. The van der Waals surface area contributed by atoms with Crippen LogP contribution < -0.4 is 10.6 Å². The Hall–Kier alpha value is -1.10. The van der Waals surface area contributed by atoms with Gasteiger partial charge in [0.15, 0.2) is 0 Å². The molecule has 0 saturated heterocycles. The highest BCUT2D eigenvalue weighted by Gasteiger charge is 2.48. The molecule has 114 valence electrons. The molecule has 0 aromatic heterocycles. The van der Waals surface area contributed by atoms with E-state index in [0.29, 0.717) is 25.6 Å². The van der Waals surface area contributed by atoms with E-state index < -0.39 is 0 Å². The van der Waals surface area contributed by atoms with Crippen molar-refractivity contribution in [1.29, 1.82) is 0 Å². The number of nitrogens with one attached hydrogen (secondary N) is 2. The second-order valence-corrected chi connectivity index (χ2v) is 5.93. The Morgan fingerprint density at radius 1 is 1.05 bits per heavy atom. The minimum atomic E-state index is -0.127. The van der Waals surface area contributed by atoms with Crippen LogP contribution in [-0.2, 0) is 14.3 Å². The van der Waals surface area contributed by atoms with Crippen molar-refractivity contribution in [1.82, 2.24) is 10.6 Å². The van der Waals surface area contributed by atoms with Gasteiger partial charge >= 0.3 is 0 Å². The first kappa shape index (κ1) is 15.3. The lowest BCUT2D eigenvalue weighted by Gasteiger charge is -2.16. The minimum absolute atomic E-state index is 0.0110. The average molecular weight is 282 g/mol. The number of amides is 2. The molecule has 2 rings (SSSR count). The molecule has 2 saturated carbocycles. The van der Waals surface area contributed by atoms with Gasteiger partial charge in [-0.15, -0.1) is 0 Å². The molecule has 0 spiro atoms. The van der Waals surface area contributed by atoms with Crippen LogP contribution in [0.5, 0.6) is 0 Å². The lowest BCUT2D eigenvalue weighted by molar-refractivity contribution is -0.127. The van der Waals surface area contributed by atoms with Crippen LogP contribution >= 0.6 is 0 Å². The maximum atomic E-state index is 12.1. The zero-order chi connectivity index (χ0) is 14.4. The van der Waals surface area contributed by atoms with Gasteiger partial charge in [-0.3, -0.25) is 9.59 Å². The van der Waals surface area contributed by atoms with Crippen LogP contribution in [0.3, 0.4) is 0 Å². The van der Waals surface area contributed by atoms with Gasteiger partial charge in [0, 0.05) is 19.7 Å². The largest absolute Gasteiger partial charge is 0.383 e. The fraction of sp³-hybridized carbons (Fsp3) is 0.867. The summed E-state index contributed by atoms with van der Waals surface area (Å²) in [5, 5.41) is 5.93. The van der Waals surface area contributed by atoms with Gasteiger partial charge in [0.1, 0.15) is 0 Å². The van der Waals surface area contributed by atoms with Gasteiger partial charge in [-0.05, 0) is 19.3 Å². The Labute approximate surface area is 120 Å². The first-order valence-corrected chi connectivity index (χ1v) is 7.79. The van der Waals surface area contributed by atoms with Crippen LogP contribution in [0.15, 0.2) is 0 Å². The summed E-state index contributed by atoms with van der Waals surface area (Å²) in [6.07, 6.45) is 7.83. The van der Waals surface area contributed by atoms with Crippen molar-refractivity contribution in [2.24, 2.45) is 11.8 Å². The van der Waals surface area contributed by atoms with Gasteiger partial charge in [-0.2, -0.15) is 0 Å². The van der Waals surface area contributed by atoms with Gasteiger partial charge in [-0.1, -0.05) is 25.7 Å². The Kier molecular flexibility index (Phi) is 5.83. The second-order valence-electron chi connectivity index (χ2n) is 5.93. The molecule has 2 aliphatic rings. The molecular formula is C15H26N2O3. The van der Waals surface area contributed by atoms with Gasteiger partial charge in [0.05, 0.1) is 18.4 Å². The number of ether oxygens (including phenoxy) is 1. The predicted molar refractivity (Wildman–Crippen MR) is 76.1 cm³/mol. The molecule has 2 N–H and O–H groups in total. The molecule has 2 atom stereocenters. The Morgan fingerprint density at radius 2 is 1.70 bits per heavy atom. The molecule has 5 nitrogen and oxygen atoms in total. The summed E-state index contributed by atoms with van der Waals surface area (Å²) < 4.78 is 4.89. The molecule has 2 aliphatic carbocycles. The summed E-state index contributed by atoms with van der Waals surface area (Å²) in [4.78, 5) is 23.9. The summed E-state index contributed by atoms with van der Waals surface area (Å²) in [5.74, 6) is -0.176. The molecular weight excluding hydrogens is 256 g/mol. The zero-order valence-electron chi connectivity index (χ0n) is 12.3. The van der Waals surface area contributed by atoms with Gasteiger partial charge in [-0.25, -0.2) is 0 Å². The molecule has 2 unspecified atom stereocenters. The molecule has 2 amide bonds. The SMILES string of the molecule is COCCNC(=O)C1CC1C(=O)NC1CCCCCC1. The van der Waals surface area contributed by atoms with E-state index in [1.165, 1.54) is 25.7 Å². The molecule has 0 aromatic rings.